The molecule has 1 fully saturated rings. The largest absolute Gasteiger partial charge is 0.390 e. The van der Waals surface area contributed by atoms with Crippen molar-refractivity contribution < 1.29 is 15.0 Å². The maximum absolute atomic E-state index is 12.2. The summed E-state index contributed by atoms with van der Waals surface area (Å²) in [6.07, 6.45) is 1.62. The molecule has 2 amide bonds. The maximum Gasteiger partial charge on any atom is 0.321 e. The lowest BCUT2D eigenvalue weighted by Crippen LogP contribution is -2.36. The molecule has 1 aromatic carbocycles. The van der Waals surface area contributed by atoms with Gasteiger partial charge >= 0.3 is 6.03 Å². The maximum atomic E-state index is 12.2. The van der Waals surface area contributed by atoms with Gasteiger partial charge in [-0.1, -0.05) is 12.1 Å². The Morgan fingerprint density at radius 3 is 2.57 bits per heavy atom. The highest BCUT2D eigenvalue weighted by Crippen LogP contribution is 2.22. The average molecular weight is 292 g/mol. The summed E-state index contributed by atoms with van der Waals surface area (Å²) in [7, 11) is 0. The number of amides is 2. The molecule has 0 bridgehead atoms. The van der Waals surface area contributed by atoms with E-state index in [9.17, 15) is 15.0 Å². The lowest BCUT2D eigenvalue weighted by Gasteiger charge is -2.23. The molecule has 5 nitrogen and oxygen atoms in total. The Bertz CT molecular complexity index is 483. The van der Waals surface area contributed by atoms with E-state index in [1.807, 2.05) is 6.92 Å². The van der Waals surface area contributed by atoms with Crippen LogP contribution in [0.25, 0.3) is 0 Å². The number of carbonyl (C=O) groups excluding carboxylic acids is 1. The van der Waals surface area contributed by atoms with Crippen LogP contribution in [-0.2, 0) is 0 Å². The van der Waals surface area contributed by atoms with E-state index in [4.69, 9.17) is 0 Å². The number of urea groups is 1. The zero-order chi connectivity index (χ0) is 15.5. The highest BCUT2D eigenvalue weighted by molar-refractivity contribution is 5.89. The highest BCUT2D eigenvalue weighted by atomic mass is 16.3. The van der Waals surface area contributed by atoms with Gasteiger partial charge in [0.25, 0.3) is 0 Å². The SMILES string of the molecule is CC(O)c1ccc(NC(=O)N2CCCC(C)(O)CC2)cc1. The van der Waals surface area contributed by atoms with Crippen molar-refractivity contribution in [3.05, 3.63) is 29.8 Å². The highest BCUT2D eigenvalue weighted by Gasteiger charge is 2.26. The number of nitrogens with one attached hydrogen (secondary N) is 1. The van der Waals surface area contributed by atoms with Gasteiger partial charge in [0.2, 0.25) is 0 Å². The normalized spacial score (nSPS) is 24.3. The van der Waals surface area contributed by atoms with Gasteiger partial charge in [-0.15, -0.1) is 0 Å². The summed E-state index contributed by atoms with van der Waals surface area (Å²) in [5.41, 5.74) is 0.854. The Hall–Kier alpha value is -1.59. The van der Waals surface area contributed by atoms with Gasteiger partial charge in [0.15, 0.2) is 0 Å². The van der Waals surface area contributed by atoms with Crippen LogP contribution in [0, 0.1) is 0 Å². The Labute approximate surface area is 125 Å². The van der Waals surface area contributed by atoms with E-state index < -0.39 is 11.7 Å². The van der Waals surface area contributed by atoms with Crippen molar-refractivity contribution in [1.82, 2.24) is 4.90 Å². The molecule has 0 aromatic heterocycles. The minimum absolute atomic E-state index is 0.141. The number of nitrogens with zero attached hydrogens (tertiary/aromatic N) is 1. The molecule has 1 aromatic rings. The molecule has 0 aliphatic carbocycles. The molecular formula is C16H24N2O3. The first-order chi connectivity index (χ1) is 9.87. The number of hydrogen-bond acceptors (Lipinski definition) is 3. The number of benzene rings is 1. The molecule has 1 aliphatic rings. The van der Waals surface area contributed by atoms with Gasteiger partial charge in [-0.3, -0.25) is 0 Å². The molecule has 3 N–H and O–H groups in total. The molecule has 116 valence electrons. The van der Waals surface area contributed by atoms with Crippen LogP contribution in [0.2, 0.25) is 0 Å². The first-order valence-corrected chi connectivity index (χ1v) is 7.44. The van der Waals surface area contributed by atoms with Crippen LogP contribution in [0.15, 0.2) is 24.3 Å². The number of aliphatic hydroxyl groups excluding tert-OH is 1. The Morgan fingerprint density at radius 2 is 1.95 bits per heavy atom. The van der Waals surface area contributed by atoms with Crippen molar-refractivity contribution >= 4 is 11.7 Å². The van der Waals surface area contributed by atoms with Crippen molar-refractivity contribution in [3.8, 4) is 0 Å². The molecule has 0 spiro atoms. The topological polar surface area (TPSA) is 72.8 Å². The van der Waals surface area contributed by atoms with Gasteiger partial charge in [-0.25, -0.2) is 4.79 Å². The van der Waals surface area contributed by atoms with Crippen LogP contribution >= 0.6 is 0 Å². The molecule has 2 rings (SSSR count). The molecule has 1 saturated heterocycles. The van der Waals surface area contributed by atoms with Crippen LogP contribution < -0.4 is 5.32 Å². The predicted octanol–water partition coefficient (Wildman–Crippen LogP) is 2.51. The third kappa shape index (κ3) is 4.44. The summed E-state index contributed by atoms with van der Waals surface area (Å²) in [6.45, 7) is 4.75. The second-order valence-corrected chi connectivity index (χ2v) is 6.07. The lowest BCUT2D eigenvalue weighted by atomic mass is 9.98. The third-order valence-electron chi connectivity index (χ3n) is 4.00. The van der Waals surface area contributed by atoms with E-state index in [1.54, 1.807) is 36.1 Å². The van der Waals surface area contributed by atoms with Crippen molar-refractivity contribution in [1.29, 1.82) is 0 Å². The summed E-state index contributed by atoms with van der Waals surface area (Å²) < 4.78 is 0. The van der Waals surface area contributed by atoms with Gasteiger partial charge in [0.05, 0.1) is 11.7 Å². The average Bonchev–Trinajstić information content (AvgIpc) is 2.60. The van der Waals surface area contributed by atoms with Crippen LogP contribution in [0.4, 0.5) is 10.5 Å². The summed E-state index contributed by atoms with van der Waals surface area (Å²) in [5.74, 6) is 0. The molecule has 1 heterocycles. The van der Waals surface area contributed by atoms with Crippen LogP contribution in [0.1, 0.15) is 44.8 Å². The predicted molar refractivity (Wildman–Crippen MR) is 82.1 cm³/mol. The van der Waals surface area contributed by atoms with Gasteiger partial charge < -0.3 is 20.4 Å². The van der Waals surface area contributed by atoms with Crippen molar-refractivity contribution in [3.63, 3.8) is 0 Å². The minimum atomic E-state index is -0.673. The molecule has 2 atom stereocenters. The summed E-state index contributed by atoms with van der Waals surface area (Å²) in [5, 5.41) is 22.4. The smallest absolute Gasteiger partial charge is 0.321 e. The Balaban J connectivity index is 1.94. The monoisotopic (exact) mass is 292 g/mol. The fraction of sp³-hybridized carbons (Fsp3) is 0.562. The standard InChI is InChI=1S/C16H24N2O3/c1-12(19)13-4-6-14(7-5-13)17-15(20)18-10-3-8-16(2,21)9-11-18/h4-7,12,19,21H,3,8-11H2,1-2H3,(H,17,20). The van der Waals surface area contributed by atoms with E-state index in [2.05, 4.69) is 5.32 Å². The third-order valence-corrected chi connectivity index (χ3v) is 4.00. The fourth-order valence-corrected chi connectivity index (χ4v) is 2.51. The molecule has 5 heteroatoms. The number of rotatable bonds is 2. The van der Waals surface area contributed by atoms with E-state index in [1.165, 1.54) is 0 Å². The Kier molecular flexibility index (Phi) is 4.85. The van der Waals surface area contributed by atoms with Crippen LogP contribution in [0.3, 0.4) is 0 Å². The van der Waals surface area contributed by atoms with Crippen molar-refractivity contribution in [2.75, 3.05) is 18.4 Å². The van der Waals surface area contributed by atoms with Gasteiger partial charge in [-0.2, -0.15) is 0 Å². The van der Waals surface area contributed by atoms with E-state index in [0.717, 1.165) is 18.4 Å². The number of carbonyl (C=O) groups is 1. The lowest BCUT2D eigenvalue weighted by molar-refractivity contribution is 0.0458. The van der Waals surface area contributed by atoms with Crippen LogP contribution in [0.5, 0.6) is 0 Å². The second kappa shape index (κ2) is 6.45. The molecule has 2 unspecified atom stereocenters. The summed E-state index contributed by atoms with van der Waals surface area (Å²) in [4.78, 5) is 14.0. The van der Waals surface area contributed by atoms with Crippen LogP contribution in [-0.4, -0.2) is 39.8 Å². The van der Waals surface area contributed by atoms with E-state index in [0.29, 0.717) is 25.2 Å². The van der Waals surface area contributed by atoms with Crippen molar-refractivity contribution in [2.45, 2.75) is 44.8 Å². The number of likely N-dealkylation sites (tertiary alicyclic amines) is 1. The summed E-state index contributed by atoms with van der Waals surface area (Å²) >= 11 is 0. The van der Waals surface area contributed by atoms with Gasteiger partial charge in [-0.05, 0) is 50.8 Å². The quantitative estimate of drug-likeness (QED) is 0.784. The molecule has 21 heavy (non-hydrogen) atoms. The zero-order valence-electron chi connectivity index (χ0n) is 12.7. The molecular weight excluding hydrogens is 268 g/mol. The fourth-order valence-electron chi connectivity index (χ4n) is 2.51. The van der Waals surface area contributed by atoms with Gasteiger partial charge in [0.1, 0.15) is 0 Å². The number of anilines is 1. The molecule has 0 saturated carbocycles. The van der Waals surface area contributed by atoms with Gasteiger partial charge in [0, 0.05) is 18.8 Å². The number of hydrogen-bond donors (Lipinski definition) is 3. The minimum Gasteiger partial charge on any atom is -0.390 e. The molecule has 1 aliphatic heterocycles. The van der Waals surface area contributed by atoms with Crippen molar-refractivity contribution in [2.24, 2.45) is 0 Å². The molecule has 0 radical (unpaired) electrons. The van der Waals surface area contributed by atoms with E-state index in [-0.39, 0.29) is 6.03 Å². The zero-order valence-corrected chi connectivity index (χ0v) is 12.7. The summed E-state index contributed by atoms with van der Waals surface area (Å²) in [6, 6.07) is 7.03. The van der Waals surface area contributed by atoms with E-state index >= 15 is 0 Å². The first kappa shape index (κ1) is 15.8. The Morgan fingerprint density at radius 1 is 1.29 bits per heavy atom. The second-order valence-electron chi connectivity index (χ2n) is 6.07. The number of aliphatic hydroxyl groups is 2. The first-order valence-electron chi connectivity index (χ1n) is 7.44.